The summed E-state index contributed by atoms with van der Waals surface area (Å²) in [5, 5.41) is -1.63. The molecule has 7 heavy (non-hydrogen) atoms. The Morgan fingerprint density at radius 1 is 1.86 bits per heavy atom. The summed E-state index contributed by atoms with van der Waals surface area (Å²) in [6.45, 7) is 1.43. The molecule has 0 spiro atoms. The first-order valence-electron chi connectivity index (χ1n) is 1.78. The second-order valence-corrected chi connectivity index (χ2v) is 1.78. The number of rotatable bonds is 1. The van der Waals surface area contributed by atoms with E-state index in [2.05, 4.69) is 15.9 Å². The molecule has 0 heterocycles. The molecule has 1 unspecified atom stereocenters. The van der Waals surface area contributed by atoms with Gasteiger partial charge in [-0.2, -0.15) is 0 Å². The van der Waals surface area contributed by atoms with Crippen LogP contribution in [0.25, 0.3) is 0 Å². The van der Waals surface area contributed by atoms with E-state index in [9.17, 15) is 8.78 Å². The largest absolute Gasteiger partial charge is 0.227 e. The predicted molar refractivity (Wildman–Crippen MR) is 28.7 cm³/mol. The number of halogens is 3. The van der Waals surface area contributed by atoms with Gasteiger partial charge in [-0.05, 0) is 22.9 Å². The van der Waals surface area contributed by atoms with Gasteiger partial charge in [0.05, 0.1) is 0 Å². The molecule has 0 aromatic carbocycles. The molecule has 3 heteroatoms. The molecule has 0 radical (unpaired) electrons. The van der Waals surface area contributed by atoms with Gasteiger partial charge in [0.2, 0.25) is 5.08 Å². The monoisotopic (exact) mass is 170 g/mol. The van der Waals surface area contributed by atoms with Crippen molar-refractivity contribution in [3.8, 4) is 0 Å². The molecule has 0 aromatic heterocycles. The summed E-state index contributed by atoms with van der Waals surface area (Å²) in [5.74, 6) is -0.778. The van der Waals surface area contributed by atoms with Gasteiger partial charge in [-0.15, -0.1) is 0 Å². The fraction of sp³-hybridized carbons (Fsp3) is 0.500. The Morgan fingerprint density at radius 3 is 2.29 bits per heavy atom. The van der Waals surface area contributed by atoms with Crippen LogP contribution in [-0.4, -0.2) is 5.08 Å². The molecule has 0 N–H and O–H groups in total. The molecule has 0 saturated heterocycles. The van der Waals surface area contributed by atoms with Crippen LogP contribution < -0.4 is 0 Å². The van der Waals surface area contributed by atoms with Crippen molar-refractivity contribution in [2.24, 2.45) is 0 Å². The Balaban J connectivity index is 3.56. The molecule has 0 aromatic rings. The third-order valence-electron chi connectivity index (χ3n) is 0.484. The average Bonchev–Trinajstić information content (AvgIpc) is 1.65. The van der Waals surface area contributed by atoms with Crippen LogP contribution in [0.3, 0.4) is 0 Å². The van der Waals surface area contributed by atoms with Gasteiger partial charge in [0.25, 0.3) is 0 Å². The highest BCUT2D eigenvalue weighted by atomic mass is 79.9. The van der Waals surface area contributed by atoms with Crippen LogP contribution in [0.1, 0.15) is 6.92 Å². The van der Waals surface area contributed by atoms with Crippen molar-refractivity contribution in [2.45, 2.75) is 12.0 Å². The zero-order valence-electron chi connectivity index (χ0n) is 3.79. The van der Waals surface area contributed by atoms with Gasteiger partial charge in [0, 0.05) is 0 Å². The van der Waals surface area contributed by atoms with E-state index in [1.807, 2.05) is 0 Å². The highest BCUT2D eigenvalue weighted by Gasteiger charge is 2.03. The molecular formula is C4H5BrF2. The van der Waals surface area contributed by atoms with E-state index >= 15 is 0 Å². The molecule has 0 fully saturated rings. The van der Waals surface area contributed by atoms with Crippen LogP contribution in [0.2, 0.25) is 0 Å². The summed E-state index contributed by atoms with van der Waals surface area (Å²) in [7, 11) is 0. The third kappa shape index (κ3) is 2.74. The molecule has 1 atom stereocenters. The van der Waals surface area contributed by atoms with Gasteiger partial charge in [0.1, 0.15) is 5.83 Å². The van der Waals surface area contributed by atoms with E-state index in [0.717, 1.165) is 6.08 Å². The molecule has 0 aliphatic carbocycles. The van der Waals surface area contributed by atoms with Crippen LogP contribution in [0.15, 0.2) is 11.9 Å². The summed E-state index contributed by atoms with van der Waals surface area (Å²) in [6, 6.07) is 0. The lowest BCUT2D eigenvalue weighted by atomic mass is 10.5. The van der Waals surface area contributed by atoms with Crippen molar-refractivity contribution in [2.75, 3.05) is 0 Å². The number of allylic oxidation sites excluding steroid dienone is 2. The first-order chi connectivity index (χ1) is 3.18. The highest BCUT2D eigenvalue weighted by Crippen LogP contribution is 2.13. The predicted octanol–water partition coefficient (Wildman–Crippen LogP) is 2.55. The van der Waals surface area contributed by atoms with Crippen molar-refractivity contribution in [3.63, 3.8) is 0 Å². The smallest absolute Gasteiger partial charge is 0.205 e. The van der Waals surface area contributed by atoms with Crippen molar-refractivity contribution in [3.05, 3.63) is 11.9 Å². The second kappa shape index (κ2) is 3.13. The Kier molecular flexibility index (Phi) is 3.17. The minimum absolute atomic E-state index is 0.778. The van der Waals surface area contributed by atoms with E-state index in [-0.39, 0.29) is 0 Å². The Morgan fingerprint density at radius 2 is 2.29 bits per heavy atom. The van der Waals surface area contributed by atoms with Crippen LogP contribution in [-0.2, 0) is 0 Å². The van der Waals surface area contributed by atoms with E-state index in [4.69, 9.17) is 0 Å². The molecule has 0 aliphatic rings. The maximum atomic E-state index is 11.7. The Labute approximate surface area is 49.3 Å². The summed E-state index contributed by atoms with van der Waals surface area (Å²) >= 11 is 2.39. The van der Waals surface area contributed by atoms with E-state index < -0.39 is 10.9 Å². The number of hydrogen-bond donors (Lipinski definition) is 0. The molecule has 0 nitrogen and oxygen atoms in total. The van der Waals surface area contributed by atoms with Crippen LogP contribution in [0.4, 0.5) is 8.78 Å². The zero-order chi connectivity index (χ0) is 5.86. The topological polar surface area (TPSA) is 0 Å². The van der Waals surface area contributed by atoms with Gasteiger partial charge in [-0.25, -0.2) is 8.78 Å². The van der Waals surface area contributed by atoms with Crippen LogP contribution >= 0.6 is 15.9 Å². The minimum Gasteiger partial charge on any atom is -0.227 e. The maximum Gasteiger partial charge on any atom is 0.205 e. The molecule has 42 valence electrons. The van der Waals surface area contributed by atoms with Crippen molar-refractivity contribution < 1.29 is 8.78 Å². The lowest BCUT2D eigenvalue weighted by Gasteiger charge is -1.89. The first-order valence-corrected chi connectivity index (χ1v) is 2.70. The molecule has 0 amide bonds. The molecule has 0 bridgehead atoms. The van der Waals surface area contributed by atoms with E-state index in [0.29, 0.717) is 0 Å². The summed E-state index contributed by atoms with van der Waals surface area (Å²) in [6.07, 6.45) is 1.07. The SMILES string of the molecule is CC=C(F)C(F)Br. The Bertz CT molecular complexity index is 77.8. The average molecular weight is 171 g/mol. The molecule has 0 rings (SSSR count). The van der Waals surface area contributed by atoms with Gasteiger partial charge in [0.15, 0.2) is 0 Å². The first kappa shape index (κ1) is 7.08. The lowest BCUT2D eigenvalue weighted by molar-refractivity contribution is 0.431. The van der Waals surface area contributed by atoms with Gasteiger partial charge in [-0.3, -0.25) is 0 Å². The molecular weight excluding hydrogens is 166 g/mol. The lowest BCUT2D eigenvalue weighted by Crippen LogP contribution is -1.84. The summed E-state index contributed by atoms with van der Waals surface area (Å²) < 4.78 is 23.3. The maximum absolute atomic E-state index is 11.7. The fourth-order valence-electron chi connectivity index (χ4n) is 0.126. The normalized spacial score (nSPS) is 16.9. The quantitative estimate of drug-likeness (QED) is 0.531. The number of hydrogen-bond acceptors (Lipinski definition) is 0. The van der Waals surface area contributed by atoms with Crippen LogP contribution in [0, 0.1) is 0 Å². The fourth-order valence-corrected chi connectivity index (χ4v) is 0.390. The molecule has 0 aliphatic heterocycles. The summed E-state index contributed by atoms with van der Waals surface area (Å²) in [5.41, 5.74) is 0. The van der Waals surface area contributed by atoms with Gasteiger partial charge < -0.3 is 0 Å². The second-order valence-electron chi connectivity index (χ2n) is 0.974. The summed E-state index contributed by atoms with van der Waals surface area (Å²) in [4.78, 5) is 0. The van der Waals surface area contributed by atoms with Crippen molar-refractivity contribution in [1.29, 1.82) is 0 Å². The third-order valence-corrected chi connectivity index (χ3v) is 0.922. The van der Waals surface area contributed by atoms with Crippen LogP contribution in [0.5, 0.6) is 0 Å². The van der Waals surface area contributed by atoms with Gasteiger partial charge in [-0.1, -0.05) is 6.08 Å². The minimum atomic E-state index is -1.63. The van der Waals surface area contributed by atoms with Gasteiger partial charge >= 0.3 is 0 Å². The Hall–Kier alpha value is 0.0800. The standard InChI is InChI=1S/C4H5BrF2/c1-2-3(6)4(5)7/h2,4H,1H3. The van der Waals surface area contributed by atoms with E-state index in [1.165, 1.54) is 6.92 Å². The van der Waals surface area contributed by atoms with Crippen molar-refractivity contribution in [1.82, 2.24) is 0 Å². The highest BCUT2D eigenvalue weighted by molar-refractivity contribution is 9.09. The van der Waals surface area contributed by atoms with E-state index in [1.54, 1.807) is 0 Å². The zero-order valence-corrected chi connectivity index (χ0v) is 5.37. The molecule has 0 saturated carbocycles. The van der Waals surface area contributed by atoms with Crippen molar-refractivity contribution >= 4 is 15.9 Å². The number of alkyl halides is 2.